The lowest BCUT2D eigenvalue weighted by atomic mass is 10.2. The number of halogens is 1. The van der Waals surface area contributed by atoms with Gasteiger partial charge in [0.15, 0.2) is 11.1 Å². The monoisotopic (exact) mass is 270 g/mol. The summed E-state index contributed by atoms with van der Waals surface area (Å²) in [5, 5.41) is 0. The quantitative estimate of drug-likeness (QED) is 0.586. The van der Waals surface area contributed by atoms with Crippen LogP contribution in [-0.4, -0.2) is 8.76 Å². The zero-order valence-electron chi connectivity index (χ0n) is 5.21. The van der Waals surface area contributed by atoms with Crippen LogP contribution in [0.15, 0.2) is 20.6 Å². The predicted octanol–water partition coefficient (Wildman–Crippen LogP) is 2.20. The molecule has 0 saturated heterocycles. The molecular formula is C6H7IO2S. The summed E-state index contributed by atoms with van der Waals surface area (Å²) >= 11 is 0.472. The third kappa shape index (κ3) is 2.17. The van der Waals surface area contributed by atoms with Crippen molar-refractivity contribution < 1.29 is 8.76 Å². The fourth-order valence-electron chi connectivity index (χ4n) is 0.738. The summed E-state index contributed by atoms with van der Waals surface area (Å²) in [7, 11) is 0. The van der Waals surface area contributed by atoms with Gasteiger partial charge in [-0.15, -0.1) is 0 Å². The molecule has 0 saturated carbocycles. The molecule has 1 rings (SSSR count). The molecule has 2 nitrogen and oxygen atoms in total. The zero-order chi connectivity index (χ0) is 7.56. The number of allylic oxidation sites excluding steroid dienone is 4. The Balaban J connectivity index is 2.74. The first-order valence-corrected chi connectivity index (χ1v) is 5.05. The highest BCUT2D eigenvalue weighted by Gasteiger charge is 2.07. The first-order valence-electron chi connectivity index (χ1n) is 2.86. The van der Waals surface area contributed by atoms with Crippen molar-refractivity contribution in [3.63, 3.8) is 0 Å². The second-order valence-electron chi connectivity index (χ2n) is 2.00. The smallest absolute Gasteiger partial charge is 0.182 e. The summed E-state index contributed by atoms with van der Waals surface area (Å²) in [5.74, 6) is 0. The summed E-state index contributed by atoms with van der Waals surface area (Å²) in [6, 6.07) is 0. The van der Waals surface area contributed by atoms with Gasteiger partial charge in [0.1, 0.15) is 0 Å². The largest absolute Gasteiger partial charge is 0.302 e. The Morgan fingerprint density at radius 2 is 2.20 bits per heavy atom. The lowest BCUT2D eigenvalue weighted by Crippen LogP contribution is -1.95. The Morgan fingerprint density at radius 3 is 2.60 bits per heavy atom. The zero-order valence-corrected chi connectivity index (χ0v) is 8.18. The molecule has 0 spiro atoms. The van der Waals surface area contributed by atoms with Crippen LogP contribution >= 0.6 is 22.6 Å². The van der Waals surface area contributed by atoms with Gasteiger partial charge in [0.25, 0.3) is 0 Å². The highest BCUT2D eigenvalue weighted by atomic mass is 127. The maximum atomic E-state index is 10.5. The van der Waals surface area contributed by atoms with E-state index in [1.165, 1.54) is 3.58 Å². The number of hydrogen-bond donors (Lipinski definition) is 1. The molecule has 1 aliphatic carbocycles. The van der Waals surface area contributed by atoms with E-state index in [9.17, 15) is 4.21 Å². The van der Waals surface area contributed by atoms with E-state index in [4.69, 9.17) is 4.55 Å². The van der Waals surface area contributed by atoms with Crippen LogP contribution in [0.2, 0.25) is 0 Å². The van der Waals surface area contributed by atoms with E-state index in [0.29, 0.717) is 4.91 Å². The van der Waals surface area contributed by atoms with Gasteiger partial charge in [-0.25, -0.2) is 4.21 Å². The summed E-state index contributed by atoms with van der Waals surface area (Å²) in [5.41, 5.74) is 0. The van der Waals surface area contributed by atoms with E-state index >= 15 is 0 Å². The van der Waals surface area contributed by atoms with Crippen molar-refractivity contribution in [1.29, 1.82) is 0 Å². The first-order chi connectivity index (χ1) is 4.70. The minimum atomic E-state index is -1.75. The van der Waals surface area contributed by atoms with Crippen molar-refractivity contribution in [3.05, 3.63) is 20.6 Å². The molecule has 0 aromatic heterocycles. The van der Waals surface area contributed by atoms with Crippen molar-refractivity contribution in [2.75, 3.05) is 0 Å². The van der Waals surface area contributed by atoms with E-state index in [1.807, 2.05) is 6.08 Å². The Morgan fingerprint density at radius 1 is 1.50 bits per heavy atom. The molecule has 0 bridgehead atoms. The van der Waals surface area contributed by atoms with Crippen molar-refractivity contribution in [2.45, 2.75) is 12.8 Å². The highest BCUT2D eigenvalue weighted by Crippen LogP contribution is 2.23. The van der Waals surface area contributed by atoms with Gasteiger partial charge in [0, 0.05) is 4.91 Å². The van der Waals surface area contributed by atoms with Crippen LogP contribution in [0.25, 0.3) is 0 Å². The van der Waals surface area contributed by atoms with E-state index in [0.717, 1.165) is 12.8 Å². The molecule has 10 heavy (non-hydrogen) atoms. The van der Waals surface area contributed by atoms with Crippen LogP contribution in [-0.2, 0) is 11.1 Å². The van der Waals surface area contributed by atoms with Crippen LogP contribution in [0.5, 0.6) is 0 Å². The van der Waals surface area contributed by atoms with Crippen LogP contribution < -0.4 is 0 Å². The standard InChI is InChI=1S/C6H7IO2S/c7-5-1-3-6(4-2-5)10(8)9/h1,3H,2,4H2,(H,8,9). The van der Waals surface area contributed by atoms with Gasteiger partial charge in [0.05, 0.1) is 0 Å². The van der Waals surface area contributed by atoms with Crippen LogP contribution in [0.1, 0.15) is 12.8 Å². The molecule has 0 amide bonds. The first kappa shape index (κ1) is 8.42. The maximum absolute atomic E-state index is 10.5. The molecule has 0 aromatic rings. The van der Waals surface area contributed by atoms with Crippen molar-refractivity contribution >= 4 is 33.7 Å². The SMILES string of the molecule is O=S(O)C1=CC=C(I)CC1. The van der Waals surface area contributed by atoms with Crippen LogP contribution in [0, 0.1) is 0 Å². The molecule has 0 aliphatic heterocycles. The van der Waals surface area contributed by atoms with E-state index < -0.39 is 11.1 Å². The van der Waals surface area contributed by atoms with Crippen molar-refractivity contribution in [3.8, 4) is 0 Å². The Hall–Kier alpha value is 0.320. The average Bonchev–Trinajstić information content (AvgIpc) is 1.88. The number of rotatable bonds is 1. The molecule has 1 aliphatic rings. The average molecular weight is 270 g/mol. The minimum Gasteiger partial charge on any atom is -0.302 e. The highest BCUT2D eigenvalue weighted by molar-refractivity contribution is 14.1. The molecule has 0 aromatic carbocycles. The molecule has 1 unspecified atom stereocenters. The molecule has 4 heteroatoms. The molecule has 0 heterocycles. The van der Waals surface area contributed by atoms with Gasteiger partial charge in [-0.2, -0.15) is 0 Å². The third-order valence-electron chi connectivity index (χ3n) is 1.28. The van der Waals surface area contributed by atoms with Gasteiger partial charge in [-0.3, -0.25) is 0 Å². The summed E-state index contributed by atoms with van der Waals surface area (Å²) < 4.78 is 20.4. The minimum absolute atomic E-state index is 0.625. The lowest BCUT2D eigenvalue weighted by molar-refractivity contribution is 0.569. The van der Waals surface area contributed by atoms with Gasteiger partial charge >= 0.3 is 0 Å². The van der Waals surface area contributed by atoms with Crippen LogP contribution in [0.3, 0.4) is 0 Å². The fourth-order valence-corrected chi connectivity index (χ4v) is 1.65. The molecule has 0 fully saturated rings. The molecule has 1 atom stereocenters. The summed E-state index contributed by atoms with van der Waals surface area (Å²) in [6.45, 7) is 0. The van der Waals surface area contributed by atoms with Gasteiger partial charge in [-0.05, 0) is 45.1 Å². The van der Waals surface area contributed by atoms with E-state index in [2.05, 4.69) is 22.6 Å². The Bertz CT molecular complexity index is 220. The Kier molecular flexibility index (Phi) is 3.06. The normalized spacial score (nSPS) is 21.4. The Labute approximate surface area is 75.8 Å². The maximum Gasteiger partial charge on any atom is 0.182 e. The van der Waals surface area contributed by atoms with Gasteiger partial charge < -0.3 is 4.55 Å². The van der Waals surface area contributed by atoms with Crippen molar-refractivity contribution in [2.24, 2.45) is 0 Å². The topological polar surface area (TPSA) is 37.3 Å². The van der Waals surface area contributed by atoms with E-state index in [1.54, 1.807) is 6.08 Å². The molecular weight excluding hydrogens is 263 g/mol. The lowest BCUT2D eigenvalue weighted by Gasteiger charge is -2.05. The second-order valence-corrected chi connectivity index (χ2v) is 4.40. The molecule has 1 N–H and O–H groups in total. The predicted molar refractivity (Wildman–Crippen MR) is 50.2 cm³/mol. The second kappa shape index (κ2) is 3.64. The van der Waals surface area contributed by atoms with Gasteiger partial charge in [-0.1, -0.05) is 6.08 Å². The van der Waals surface area contributed by atoms with Crippen LogP contribution in [0.4, 0.5) is 0 Å². The van der Waals surface area contributed by atoms with Crippen molar-refractivity contribution in [1.82, 2.24) is 0 Å². The molecule has 56 valence electrons. The summed E-state index contributed by atoms with van der Waals surface area (Å²) in [6.07, 6.45) is 5.23. The summed E-state index contributed by atoms with van der Waals surface area (Å²) in [4.78, 5) is 0.625. The van der Waals surface area contributed by atoms with E-state index in [-0.39, 0.29) is 0 Å². The third-order valence-corrected chi connectivity index (χ3v) is 2.97. The molecule has 0 radical (unpaired) electrons. The van der Waals surface area contributed by atoms with Gasteiger partial charge in [0.2, 0.25) is 0 Å². The number of hydrogen-bond acceptors (Lipinski definition) is 1. The fraction of sp³-hybridized carbons (Fsp3) is 0.333.